The third-order valence-corrected chi connectivity index (χ3v) is 9.08. The van der Waals surface area contributed by atoms with Crippen LogP contribution in [0.15, 0.2) is 150 Å². The molecule has 3 heteroatoms. The lowest BCUT2D eigenvalue weighted by Gasteiger charge is -2.22. The number of hydrogen-bond donors (Lipinski definition) is 0. The van der Waals surface area contributed by atoms with Crippen molar-refractivity contribution in [1.29, 1.82) is 0 Å². The molecule has 0 fully saturated rings. The van der Waals surface area contributed by atoms with Gasteiger partial charge in [0.1, 0.15) is 0 Å². The Hall–Kier alpha value is -5.80. The molecule has 43 heavy (non-hydrogen) atoms. The maximum absolute atomic E-state index is 6.67. The van der Waals surface area contributed by atoms with Gasteiger partial charge in [0.05, 0.1) is 27.8 Å². The molecule has 0 amide bonds. The molecule has 2 aliphatic rings. The summed E-state index contributed by atoms with van der Waals surface area (Å²) in [6.45, 7) is 0. The Morgan fingerprint density at radius 1 is 0.395 bits per heavy atom. The fourth-order valence-corrected chi connectivity index (χ4v) is 7.24. The van der Waals surface area contributed by atoms with Crippen molar-refractivity contribution >= 4 is 65.6 Å². The molecule has 1 aromatic heterocycles. The Labute approximate surface area is 246 Å². The molecule has 0 spiro atoms. The molecule has 3 heterocycles. The molecule has 0 N–H and O–H groups in total. The van der Waals surface area contributed by atoms with Crippen molar-refractivity contribution in [2.24, 2.45) is 0 Å². The third kappa shape index (κ3) is 3.08. The largest absolute Gasteiger partial charge is 0.453 e. The van der Waals surface area contributed by atoms with Gasteiger partial charge in [0.2, 0.25) is 0 Å². The molecule has 0 saturated carbocycles. The van der Waals surface area contributed by atoms with Crippen LogP contribution in [0.2, 0.25) is 0 Å². The molecule has 3 nitrogen and oxygen atoms in total. The Kier molecular flexibility index (Phi) is 4.45. The van der Waals surface area contributed by atoms with Crippen molar-refractivity contribution in [1.82, 2.24) is 9.13 Å². The minimum Gasteiger partial charge on any atom is -0.453 e. The standard InChI is InChI=1S/C40H24N2O/c1-2-11-28(12-3-1)41-33-16-5-4-13-29(33)32-23-26(19-21-34(32)41)27-20-22-35-38(24-27)43-37-18-8-15-31-30-14-6-9-25-10-7-17-36(39(25)30)42(35)40(31)37/h1-24H. The number of rotatable bonds is 2. The van der Waals surface area contributed by atoms with Crippen LogP contribution in [-0.4, -0.2) is 9.13 Å². The van der Waals surface area contributed by atoms with Gasteiger partial charge in [-0.05, 0) is 76.5 Å². The van der Waals surface area contributed by atoms with Crippen LogP contribution in [0, 0.1) is 0 Å². The second kappa shape index (κ2) is 8.37. The average molecular weight is 549 g/mol. The van der Waals surface area contributed by atoms with Gasteiger partial charge in [-0.3, -0.25) is 0 Å². The summed E-state index contributed by atoms with van der Waals surface area (Å²) in [6.07, 6.45) is 0. The van der Waals surface area contributed by atoms with Crippen molar-refractivity contribution < 1.29 is 4.42 Å². The number of nitrogens with zero attached hydrogens (tertiary/aromatic N) is 2. The minimum absolute atomic E-state index is 0.866. The molecule has 0 aliphatic carbocycles. The minimum atomic E-state index is 0.866. The molecular formula is C40H24N2O. The molecule has 0 atom stereocenters. The normalized spacial score (nSPS) is 12.2. The monoisotopic (exact) mass is 548 g/mol. The summed E-state index contributed by atoms with van der Waals surface area (Å²) in [5.74, 6) is 0. The van der Waals surface area contributed by atoms with Gasteiger partial charge in [-0.2, -0.15) is 0 Å². The molecule has 10 rings (SSSR count). The van der Waals surface area contributed by atoms with Gasteiger partial charge in [-0.1, -0.05) is 91.0 Å². The van der Waals surface area contributed by atoms with Crippen molar-refractivity contribution in [3.63, 3.8) is 0 Å². The van der Waals surface area contributed by atoms with E-state index in [1.54, 1.807) is 0 Å². The van der Waals surface area contributed by atoms with E-state index < -0.39 is 0 Å². The topological polar surface area (TPSA) is 23.0 Å². The predicted molar refractivity (Wildman–Crippen MR) is 179 cm³/mol. The third-order valence-electron chi connectivity index (χ3n) is 9.08. The first-order valence-corrected chi connectivity index (χ1v) is 14.7. The molecule has 0 bridgehead atoms. The van der Waals surface area contributed by atoms with Crippen LogP contribution in [0.5, 0.6) is 0 Å². The molecule has 2 aliphatic heterocycles. The first-order valence-electron chi connectivity index (χ1n) is 14.7. The van der Waals surface area contributed by atoms with Crippen LogP contribution < -0.4 is 0 Å². The Bertz CT molecular complexity index is 2660. The van der Waals surface area contributed by atoms with E-state index in [0.717, 1.165) is 27.9 Å². The Morgan fingerprint density at radius 2 is 1.07 bits per heavy atom. The quantitative estimate of drug-likeness (QED) is 0.156. The zero-order valence-electron chi connectivity index (χ0n) is 23.2. The lowest BCUT2D eigenvalue weighted by molar-refractivity contribution is 0.648. The van der Waals surface area contributed by atoms with Crippen molar-refractivity contribution in [3.8, 4) is 22.5 Å². The highest BCUT2D eigenvalue weighted by Crippen LogP contribution is 2.42. The van der Waals surface area contributed by atoms with Gasteiger partial charge in [-0.15, -0.1) is 0 Å². The highest BCUT2D eigenvalue weighted by atomic mass is 16.3. The lowest BCUT2D eigenvalue weighted by Crippen LogP contribution is -2.05. The highest BCUT2D eigenvalue weighted by molar-refractivity contribution is 6.20. The van der Waals surface area contributed by atoms with Gasteiger partial charge in [0.25, 0.3) is 0 Å². The maximum Gasteiger partial charge on any atom is 0.152 e. The lowest BCUT2D eigenvalue weighted by atomic mass is 9.97. The van der Waals surface area contributed by atoms with Gasteiger partial charge in [-0.25, -0.2) is 0 Å². The van der Waals surface area contributed by atoms with Crippen LogP contribution in [0.25, 0.3) is 88.1 Å². The molecule has 0 saturated heterocycles. The van der Waals surface area contributed by atoms with Crippen LogP contribution >= 0.6 is 0 Å². The average Bonchev–Trinajstić information content (AvgIpc) is 3.40. The molecule has 8 aromatic rings. The van der Waals surface area contributed by atoms with Gasteiger partial charge in [0.15, 0.2) is 11.2 Å². The Balaban J connectivity index is 1.25. The van der Waals surface area contributed by atoms with Gasteiger partial charge in [0, 0.05) is 27.2 Å². The summed E-state index contributed by atoms with van der Waals surface area (Å²) >= 11 is 0. The van der Waals surface area contributed by atoms with E-state index in [0.29, 0.717) is 0 Å². The van der Waals surface area contributed by atoms with E-state index >= 15 is 0 Å². The summed E-state index contributed by atoms with van der Waals surface area (Å²) < 4.78 is 11.4. The van der Waals surface area contributed by atoms with E-state index in [2.05, 4.69) is 155 Å². The van der Waals surface area contributed by atoms with Gasteiger partial charge < -0.3 is 13.6 Å². The predicted octanol–water partition coefficient (Wildman–Crippen LogP) is 10.9. The first-order chi connectivity index (χ1) is 21.3. The molecule has 0 unspecified atom stereocenters. The number of hydrogen-bond acceptors (Lipinski definition) is 1. The fraction of sp³-hybridized carbons (Fsp3) is 0. The smallest absolute Gasteiger partial charge is 0.152 e. The molecule has 7 aromatic carbocycles. The second-order valence-electron chi connectivity index (χ2n) is 11.4. The zero-order chi connectivity index (χ0) is 28.1. The highest BCUT2D eigenvalue weighted by Gasteiger charge is 2.21. The SMILES string of the molecule is c1ccc(-n2c3ccccc3c3cc(-c4ccc5c(c4)oc4cccc6c4-n5c4cccc5cccc6c54)ccc32)cc1. The van der Waals surface area contributed by atoms with E-state index in [1.165, 1.54) is 60.1 Å². The number of para-hydroxylation sites is 3. The van der Waals surface area contributed by atoms with E-state index in [4.69, 9.17) is 4.42 Å². The number of pyridine rings is 1. The van der Waals surface area contributed by atoms with Crippen LogP contribution in [0.4, 0.5) is 0 Å². The van der Waals surface area contributed by atoms with E-state index in [1.807, 2.05) is 0 Å². The molecule has 0 radical (unpaired) electrons. The number of aromatic nitrogens is 2. The summed E-state index contributed by atoms with van der Waals surface area (Å²) in [6, 6.07) is 52.3. The number of fused-ring (bicyclic) bond motifs is 7. The summed E-state index contributed by atoms with van der Waals surface area (Å²) in [5.41, 5.74) is 11.0. The van der Waals surface area contributed by atoms with E-state index in [9.17, 15) is 0 Å². The zero-order valence-corrected chi connectivity index (χ0v) is 23.2. The van der Waals surface area contributed by atoms with Crippen LogP contribution in [0.3, 0.4) is 0 Å². The van der Waals surface area contributed by atoms with Crippen LogP contribution in [-0.2, 0) is 0 Å². The Morgan fingerprint density at radius 3 is 1.98 bits per heavy atom. The molecular weight excluding hydrogens is 524 g/mol. The maximum atomic E-state index is 6.67. The summed E-state index contributed by atoms with van der Waals surface area (Å²) in [7, 11) is 0. The van der Waals surface area contributed by atoms with Crippen molar-refractivity contribution in [2.45, 2.75) is 0 Å². The second-order valence-corrected chi connectivity index (χ2v) is 11.4. The van der Waals surface area contributed by atoms with Crippen LogP contribution in [0.1, 0.15) is 0 Å². The molecule has 200 valence electrons. The van der Waals surface area contributed by atoms with Gasteiger partial charge >= 0.3 is 0 Å². The van der Waals surface area contributed by atoms with Crippen molar-refractivity contribution in [3.05, 3.63) is 146 Å². The summed E-state index contributed by atoms with van der Waals surface area (Å²) in [5, 5.41) is 7.49. The van der Waals surface area contributed by atoms with E-state index in [-0.39, 0.29) is 0 Å². The number of benzene rings is 7. The summed E-state index contributed by atoms with van der Waals surface area (Å²) in [4.78, 5) is 0. The first kappa shape index (κ1) is 22.8. The van der Waals surface area contributed by atoms with Crippen molar-refractivity contribution in [2.75, 3.05) is 0 Å². The fourth-order valence-electron chi connectivity index (χ4n) is 7.24.